The molecule has 1 N–H and O–H groups in total. The minimum Gasteiger partial charge on any atom is -0.496 e. The highest BCUT2D eigenvalue weighted by molar-refractivity contribution is 5.80. The van der Waals surface area contributed by atoms with Crippen LogP contribution < -0.4 is 19.5 Å². The van der Waals surface area contributed by atoms with Gasteiger partial charge in [-0.2, -0.15) is 0 Å². The van der Waals surface area contributed by atoms with Crippen molar-refractivity contribution in [2.45, 2.75) is 25.4 Å². The summed E-state index contributed by atoms with van der Waals surface area (Å²) in [7, 11) is 4.79. The maximum absolute atomic E-state index is 11.9. The van der Waals surface area contributed by atoms with Crippen molar-refractivity contribution in [1.82, 2.24) is 5.32 Å². The molecule has 0 bridgehead atoms. The number of methoxy groups -OCH3 is 3. The molecule has 0 spiro atoms. The maximum atomic E-state index is 11.9. The van der Waals surface area contributed by atoms with E-state index in [9.17, 15) is 4.79 Å². The topological polar surface area (TPSA) is 66.0 Å². The predicted molar refractivity (Wildman–Crippen MR) is 81.8 cm³/mol. The van der Waals surface area contributed by atoms with Crippen LogP contribution in [-0.2, 0) is 16.0 Å². The first-order valence-corrected chi connectivity index (χ1v) is 7.37. The van der Waals surface area contributed by atoms with E-state index in [2.05, 4.69) is 5.32 Å². The van der Waals surface area contributed by atoms with E-state index in [0.29, 0.717) is 36.8 Å². The van der Waals surface area contributed by atoms with E-state index in [0.717, 1.165) is 18.4 Å². The quantitative estimate of drug-likeness (QED) is 0.828. The summed E-state index contributed by atoms with van der Waals surface area (Å²) in [6.45, 7) is 1.16. The molecule has 6 nitrogen and oxygen atoms in total. The molecule has 22 heavy (non-hydrogen) atoms. The van der Waals surface area contributed by atoms with Crippen LogP contribution in [0.5, 0.6) is 17.2 Å². The number of amides is 1. The van der Waals surface area contributed by atoms with Crippen molar-refractivity contribution in [2.24, 2.45) is 0 Å². The minimum absolute atomic E-state index is 0.0519. The lowest BCUT2D eigenvalue weighted by Gasteiger charge is -2.16. The number of hydrogen-bond acceptors (Lipinski definition) is 5. The van der Waals surface area contributed by atoms with Gasteiger partial charge in [-0.25, -0.2) is 0 Å². The normalized spacial score (nSPS) is 17.1. The van der Waals surface area contributed by atoms with Crippen LogP contribution in [0.25, 0.3) is 0 Å². The molecule has 0 aromatic heterocycles. The number of nitrogens with one attached hydrogen (secondary N) is 1. The average molecular weight is 309 g/mol. The van der Waals surface area contributed by atoms with Crippen LogP contribution in [0.3, 0.4) is 0 Å². The highest BCUT2D eigenvalue weighted by Gasteiger charge is 2.23. The van der Waals surface area contributed by atoms with Crippen LogP contribution >= 0.6 is 0 Å². The van der Waals surface area contributed by atoms with E-state index >= 15 is 0 Å². The highest BCUT2D eigenvalue weighted by Crippen LogP contribution is 2.34. The first-order valence-electron chi connectivity index (χ1n) is 7.37. The average Bonchev–Trinajstić information content (AvgIpc) is 3.09. The molecule has 1 heterocycles. The summed E-state index contributed by atoms with van der Waals surface area (Å²) in [6.07, 6.45) is 2.04. The van der Waals surface area contributed by atoms with Crippen molar-refractivity contribution in [2.75, 3.05) is 34.5 Å². The number of carbonyl (C=O) groups excluding carboxylic acids is 1. The van der Waals surface area contributed by atoms with Crippen molar-refractivity contribution >= 4 is 5.91 Å². The van der Waals surface area contributed by atoms with Gasteiger partial charge in [-0.05, 0) is 19.3 Å². The summed E-state index contributed by atoms with van der Waals surface area (Å²) in [4.78, 5) is 11.9. The molecule has 1 amide bonds. The maximum Gasteiger partial charge on any atom is 0.249 e. The SMILES string of the molecule is COc1cc(OC)c(CCNC(=O)C2CCCO2)c(OC)c1. The first kappa shape index (κ1) is 16.4. The van der Waals surface area contributed by atoms with Crippen molar-refractivity contribution < 1.29 is 23.7 Å². The van der Waals surface area contributed by atoms with Crippen molar-refractivity contribution in [3.63, 3.8) is 0 Å². The molecule has 1 atom stereocenters. The Hall–Kier alpha value is -1.95. The number of hydrogen-bond donors (Lipinski definition) is 1. The Morgan fingerprint density at radius 3 is 2.41 bits per heavy atom. The van der Waals surface area contributed by atoms with Crippen LogP contribution in [-0.4, -0.2) is 46.5 Å². The third kappa shape index (κ3) is 3.82. The Balaban J connectivity index is 2.00. The van der Waals surface area contributed by atoms with Gasteiger partial charge < -0.3 is 24.3 Å². The van der Waals surface area contributed by atoms with Crippen molar-refractivity contribution in [3.8, 4) is 17.2 Å². The molecule has 0 saturated carbocycles. The van der Waals surface area contributed by atoms with Gasteiger partial charge in [-0.1, -0.05) is 0 Å². The summed E-state index contributed by atoms with van der Waals surface area (Å²) >= 11 is 0. The van der Waals surface area contributed by atoms with Gasteiger partial charge in [0.15, 0.2) is 0 Å². The van der Waals surface area contributed by atoms with Crippen LogP contribution in [0.1, 0.15) is 18.4 Å². The number of ether oxygens (including phenoxy) is 4. The zero-order chi connectivity index (χ0) is 15.9. The molecule has 1 aromatic carbocycles. The second-order valence-electron chi connectivity index (χ2n) is 5.05. The van der Waals surface area contributed by atoms with Gasteiger partial charge in [-0.3, -0.25) is 4.79 Å². The summed E-state index contributed by atoms with van der Waals surface area (Å²) in [5.74, 6) is 1.98. The zero-order valence-electron chi connectivity index (χ0n) is 13.3. The van der Waals surface area contributed by atoms with Crippen LogP contribution in [0.15, 0.2) is 12.1 Å². The lowest BCUT2D eigenvalue weighted by atomic mass is 10.1. The van der Waals surface area contributed by atoms with E-state index in [1.54, 1.807) is 33.5 Å². The third-order valence-electron chi connectivity index (χ3n) is 3.71. The molecule has 1 aliphatic rings. The third-order valence-corrected chi connectivity index (χ3v) is 3.71. The number of benzene rings is 1. The largest absolute Gasteiger partial charge is 0.496 e. The molecule has 0 radical (unpaired) electrons. The van der Waals surface area contributed by atoms with Gasteiger partial charge in [0.25, 0.3) is 0 Å². The predicted octanol–water partition coefficient (Wildman–Crippen LogP) is 1.55. The fourth-order valence-corrected chi connectivity index (χ4v) is 2.53. The monoisotopic (exact) mass is 309 g/mol. The molecule has 1 unspecified atom stereocenters. The molecular formula is C16H23NO5. The smallest absolute Gasteiger partial charge is 0.249 e. The van der Waals surface area contributed by atoms with Gasteiger partial charge in [0, 0.05) is 30.8 Å². The Bertz CT molecular complexity index is 486. The summed E-state index contributed by atoms with van der Waals surface area (Å²) in [5, 5.41) is 2.90. The summed E-state index contributed by atoms with van der Waals surface area (Å²) < 4.78 is 21.4. The van der Waals surface area contributed by atoms with E-state index in [1.165, 1.54) is 0 Å². The minimum atomic E-state index is -0.306. The van der Waals surface area contributed by atoms with Crippen molar-refractivity contribution in [3.05, 3.63) is 17.7 Å². The fourth-order valence-electron chi connectivity index (χ4n) is 2.53. The van der Waals surface area contributed by atoms with Gasteiger partial charge in [-0.15, -0.1) is 0 Å². The number of rotatable bonds is 7. The molecular weight excluding hydrogens is 286 g/mol. The van der Waals surface area contributed by atoms with Crippen molar-refractivity contribution in [1.29, 1.82) is 0 Å². The Labute approximate surface area is 130 Å². The van der Waals surface area contributed by atoms with E-state index in [-0.39, 0.29) is 12.0 Å². The highest BCUT2D eigenvalue weighted by atomic mass is 16.5. The van der Waals surface area contributed by atoms with Crippen LogP contribution in [0.2, 0.25) is 0 Å². The standard InChI is InChI=1S/C16H23NO5/c1-19-11-9-14(20-2)12(15(10-11)21-3)6-7-17-16(18)13-5-4-8-22-13/h9-10,13H,4-8H2,1-3H3,(H,17,18). The van der Waals surface area contributed by atoms with Gasteiger partial charge in [0.05, 0.1) is 21.3 Å². The lowest BCUT2D eigenvalue weighted by Crippen LogP contribution is -2.35. The second kappa shape index (κ2) is 7.89. The second-order valence-corrected chi connectivity index (χ2v) is 5.05. The molecule has 1 fully saturated rings. The number of carbonyl (C=O) groups is 1. The molecule has 2 rings (SSSR count). The molecule has 1 aromatic rings. The fraction of sp³-hybridized carbons (Fsp3) is 0.562. The van der Waals surface area contributed by atoms with Gasteiger partial charge in [0.1, 0.15) is 23.4 Å². The zero-order valence-corrected chi connectivity index (χ0v) is 13.3. The van der Waals surface area contributed by atoms with E-state index < -0.39 is 0 Å². The van der Waals surface area contributed by atoms with E-state index in [4.69, 9.17) is 18.9 Å². The van der Waals surface area contributed by atoms with Gasteiger partial charge >= 0.3 is 0 Å². The molecule has 1 saturated heterocycles. The molecule has 1 aliphatic heterocycles. The van der Waals surface area contributed by atoms with Gasteiger partial charge in [0.2, 0.25) is 5.91 Å². The Morgan fingerprint density at radius 2 is 1.91 bits per heavy atom. The van der Waals surface area contributed by atoms with Crippen LogP contribution in [0.4, 0.5) is 0 Å². The molecule has 0 aliphatic carbocycles. The Kier molecular flexibility index (Phi) is 5.89. The lowest BCUT2D eigenvalue weighted by molar-refractivity contribution is -0.129. The first-order chi connectivity index (χ1) is 10.7. The Morgan fingerprint density at radius 1 is 1.23 bits per heavy atom. The molecule has 6 heteroatoms. The van der Waals surface area contributed by atoms with Crippen LogP contribution in [0, 0.1) is 0 Å². The van der Waals surface area contributed by atoms with E-state index in [1.807, 2.05) is 0 Å². The summed E-state index contributed by atoms with van der Waals surface area (Å²) in [6, 6.07) is 3.61. The summed E-state index contributed by atoms with van der Waals surface area (Å²) in [5.41, 5.74) is 0.901. The molecule has 122 valence electrons.